The third-order valence-corrected chi connectivity index (χ3v) is 5.07. The van der Waals surface area contributed by atoms with Gasteiger partial charge in [0.2, 0.25) is 16.9 Å². The molecule has 6 nitrogen and oxygen atoms in total. The van der Waals surface area contributed by atoms with Crippen LogP contribution < -0.4 is 0 Å². The van der Waals surface area contributed by atoms with E-state index in [0.717, 1.165) is 10.4 Å². The minimum absolute atomic E-state index is 0.510. The largest absolute Gasteiger partial charge is 0.338 e. The quantitative estimate of drug-likeness (QED) is 0.516. The highest BCUT2D eigenvalue weighted by atomic mass is 35.5. The summed E-state index contributed by atoms with van der Waals surface area (Å²) in [5, 5.41) is 14.4. The maximum atomic E-state index is 5.89. The van der Waals surface area contributed by atoms with Gasteiger partial charge in [0.25, 0.3) is 0 Å². The van der Waals surface area contributed by atoms with Crippen LogP contribution in [0.2, 0.25) is 5.02 Å². The molecule has 4 aromatic rings. The van der Waals surface area contributed by atoms with E-state index in [0.29, 0.717) is 33.5 Å². The summed E-state index contributed by atoms with van der Waals surface area (Å²) in [6, 6.07) is 11.3. The van der Waals surface area contributed by atoms with Crippen LogP contribution in [0.25, 0.3) is 22.1 Å². The van der Waals surface area contributed by atoms with E-state index >= 15 is 0 Å². The molecule has 1 aromatic carbocycles. The SMILES string of the molecule is Clc1ccc(-c2nc(SCc3nc(-c4cccs4)no3)n[nH]2)cc1. The molecule has 0 atom stereocenters. The van der Waals surface area contributed by atoms with Gasteiger partial charge in [0.15, 0.2) is 5.82 Å². The molecule has 1 N–H and O–H groups in total. The van der Waals surface area contributed by atoms with E-state index in [4.69, 9.17) is 16.1 Å². The topological polar surface area (TPSA) is 80.5 Å². The highest BCUT2D eigenvalue weighted by Gasteiger charge is 2.12. The normalized spacial score (nSPS) is 11.0. The molecule has 120 valence electrons. The Morgan fingerprint density at radius 1 is 1.17 bits per heavy atom. The van der Waals surface area contributed by atoms with E-state index in [1.807, 2.05) is 41.8 Å². The molecule has 3 aromatic heterocycles. The Labute approximate surface area is 150 Å². The molecule has 0 aliphatic carbocycles. The molecule has 4 rings (SSSR count). The van der Waals surface area contributed by atoms with E-state index in [9.17, 15) is 0 Å². The number of H-pyrrole nitrogens is 1. The number of hydrogen-bond donors (Lipinski definition) is 1. The summed E-state index contributed by atoms with van der Waals surface area (Å²) in [7, 11) is 0. The molecule has 0 aliphatic rings. The van der Waals surface area contributed by atoms with Gasteiger partial charge >= 0.3 is 0 Å². The molecule has 0 fully saturated rings. The second kappa shape index (κ2) is 6.76. The summed E-state index contributed by atoms with van der Waals surface area (Å²) in [5.41, 5.74) is 0.927. The Morgan fingerprint density at radius 3 is 2.83 bits per heavy atom. The Balaban J connectivity index is 1.42. The number of nitrogens with one attached hydrogen (secondary N) is 1. The summed E-state index contributed by atoms with van der Waals surface area (Å²) in [6.07, 6.45) is 0. The zero-order valence-corrected chi connectivity index (χ0v) is 14.5. The van der Waals surface area contributed by atoms with Gasteiger partial charge in [0.1, 0.15) is 0 Å². The van der Waals surface area contributed by atoms with Gasteiger partial charge in [0.05, 0.1) is 10.6 Å². The predicted octanol–water partition coefficient (Wildman–Crippen LogP) is 4.53. The summed E-state index contributed by atoms with van der Waals surface area (Å²) in [6.45, 7) is 0. The molecule has 0 spiro atoms. The predicted molar refractivity (Wildman–Crippen MR) is 94.0 cm³/mol. The fourth-order valence-electron chi connectivity index (χ4n) is 1.99. The lowest BCUT2D eigenvalue weighted by Crippen LogP contribution is -1.83. The van der Waals surface area contributed by atoms with Crippen molar-refractivity contribution in [3.05, 3.63) is 52.7 Å². The van der Waals surface area contributed by atoms with E-state index in [1.165, 1.54) is 11.8 Å². The number of nitrogens with zero attached hydrogens (tertiary/aromatic N) is 4. The molecule has 0 unspecified atom stereocenters. The van der Waals surface area contributed by atoms with Crippen molar-refractivity contribution in [2.75, 3.05) is 0 Å². The first-order valence-electron chi connectivity index (χ1n) is 6.95. The van der Waals surface area contributed by atoms with Crippen molar-refractivity contribution in [3.8, 4) is 22.1 Å². The summed E-state index contributed by atoms with van der Waals surface area (Å²) >= 11 is 8.89. The van der Waals surface area contributed by atoms with Gasteiger partial charge in [-0.25, -0.2) is 4.98 Å². The summed E-state index contributed by atoms with van der Waals surface area (Å²) < 4.78 is 5.26. The zero-order valence-electron chi connectivity index (χ0n) is 12.1. The highest BCUT2D eigenvalue weighted by Crippen LogP contribution is 2.25. The van der Waals surface area contributed by atoms with Gasteiger partial charge in [-0.2, -0.15) is 4.98 Å². The first-order chi connectivity index (χ1) is 11.8. The Kier molecular flexibility index (Phi) is 4.33. The molecule has 3 heterocycles. The molecular weight excluding hydrogens is 366 g/mol. The smallest absolute Gasteiger partial charge is 0.237 e. The third-order valence-electron chi connectivity index (χ3n) is 3.12. The van der Waals surface area contributed by atoms with Crippen molar-refractivity contribution >= 4 is 34.7 Å². The summed E-state index contributed by atoms with van der Waals surface area (Å²) in [4.78, 5) is 9.81. The van der Waals surface area contributed by atoms with Gasteiger partial charge in [-0.15, -0.1) is 16.4 Å². The fraction of sp³-hybridized carbons (Fsp3) is 0.0667. The van der Waals surface area contributed by atoms with Crippen molar-refractivity contribution < 1.29 is 4.52 Å². The van der Waals surface area contributed by atoms with Crippen LogP contribution in [-0.4, -0.2) is 25.3 Å². The van der Waals surface area contributed by atoms with Crippen LogP contribution in [0.15, 0.2) is 51.5 Å². The minimum atomic E-state index is 0.510. The van der Waals surface area contributed by atoms with Crippen molar-refractivity contribution in [1.29, 1.82) is 0 Å². The highest BCUT2D eigenvalue weighted by molar-refractivity contribution is 7.98. The van der Waals surface area contributed by atoms with E-state index in [1.54, 1.807) is 11.3 Å². The van der Waals surface area contributed by atoms with Gasteiger partial charge in [-0.1, -0.05) is 34.6 Å². The molecule has 0 radical (unpaired) electrons. The number of thiophene rings is 1. The number of hydrogen-bond acceptors (Lipinski definition) is 7. The fourth-order valence-corrected chi connectivity index (χ4v) is 3.40. The molecule has 0 bridgehead atoms. The Morgan fingerprint density at radius 2 is 2.04 bits per heavy atom. The molecule has 0 amide bonds. The Bertz CT molecular complexity index is 933. The van der Waals surface area contributed by atoms with Crippen LogP contribution >= 0.6 is 34.7 Å². The number of rotatable bonds is 5. The average Bonchev–Trinajstić information content (AvgIpc) is 3.34. The van der Waals surface area contributed by atoms with Crippen molar-refractivity contribution in [2.24, 2.45) is 0 Å². The molecular formula is C15H10ClN5OS2. The van der Waals surface area contributed by atoms with Crippen LogP contribution in [0.3, 0.4) is 0 Å². The first kappa shape index (κ1) is 15.4. The number of benzene rings is 1. The first-order valence-corrected chi connectivity index (χ1v) is 9.20. The molecule has 0 saturated heterocycles. The lowest BCUT2D eigenvalue weighted by molar-refractivity contribution is 0.391. The second-order valence-corrected chi connectivity index (χ2v) is 7.08. The minimum Gasteiger partial charge on any atom is -0.338 e. The van der Waals surface area contributed by atoms with E-state index in [-0.39, 0.29) is 0 Å². The number of aromatic nitrogens is 5. The molecule has 0 aliphatic heterocycles. The number of halogens is 1. The van der Waals surface area contributed by atoms with Crippen LogP contribution in [0, 0.1) is 0 Å². The van der Waals surface area contributed by atoms with E-state index in [2.05, 4.69) is 25.3 Å². The lowest BCUT2D eigenvalue weighted by Gasteiger charge is -1.95. The summed E-state index contributed by atoms with van der Waals surface area (Å²) in [5.74, 6) is 2.36. The maximum absolute atomic E-state index is 5.89. The van der Waals surface area contributed by atoms with Crippen LogP contribution in [0.1, 0.15) is 5.89 Å². The maximum Gasteiger partial charge on any atom is 0.237 e. The lowest BCUT2D eigenvalue weighted by atomic mass is 10.2. The van der Waals surface area contributed by atoms with Crippen molar-refractivity contribution in [2.45, 2.75) is 10.9 Å². The van der Waals surface area contributed by atoms with Crippen LogP contribution in [-0.2, 0) is 5.75 Å². The van der Waals surface area contributed by atoms with Crippen LogP contribution in [0.4, 0.5) is 0 Å². The van der Waals surface area contributed by atoms with Crippen molar-refractivity contribution in [1.82, 2.24) is 25.3 Å². The van der Waals surface area contributed by atoms with Gasteiger partial charge < -0.3 is 4.52 Å². The number of thioether (sulfide) groups is 1. The molecule has 9 heteroatoms. The van der Waals surface area contributed by atoms with Gasteiger partial charge in [-0.05, 0) is 35.7 Å². The second-order valence-electron chi connectivity index (χ2n) is 4.75. The molecule has 0 saturated carbocycles. The average molecular weight is 376 g/mol. The van der Waals surface area contributed by atoms with Crippen molar-refractivity contribution in [3.63, 3.8) is 0 Å². The monoisotopic (exact) mass is 375 g/mol. The third kappa shape index (κ3) is 3.35. The zero-order chi connectivity index (χ0) is 16.4. The van der Waals surface area contributed by atoms with Gasteiger partial charge in [-0.3, -0.25) is 5.10 Å². The van der Waals surface area contributed by atoms with E-state index < -0.39 is 0 Å². The standard InChI is InChI=1S/C15H10ClN5OS2/c16-10-5-3-9(4-6-10)13-18-15(20-19-13)24-8-12-17-14(21-22-12)11-2-1-7-23-11/h1-7H,8H2,(H,18,19,20). The van der Waals surface area contributed by atoms with Crippen LogP contribution in [0.5, 0.6) is 0 Å². The van der Waals surface area contributed by atoms with Gasteiger partial charge in [0, 0.05) is 10.6 Å². The number of aromatic amines is 1. The Hall–Kier alpha value is -2.16. The molecule has 24 heavy (non-hydrogen) atoms.